The molecule has 8 nitrogen and oxygen atoms in total. The number of rotatable bonds is 7. The van der Waals surface area contributed by atoms with Gasteiger partial charge in [0.15, 0.2) is 5.69 Å². The van der Waals surface area contributed by atoms with Crippen molar-refractivity contribution in [1.82, 2.24) is 25.1 Å². The smallest absolute Gasteiger partial charge is 0.416 e. The molecule has 1 fully saturated rings. The van der Waals surface area contributed by atoms with Crippen LogP contribution in [-0.4, -0.2) is 56.4 Å². The molecule has 3 heterocycles. The lowest BCUT2D eigenvalue weighted by Crippen LogP contribution is -2.45. The molecule has 1 aliphatic rings. The molecule has 0 atom stereocenters. The van der Waals surface area contributed by atoms with E-state index in [9.17, 15) is 27.9 Å². The van der Waals surface area contributed by atoms with E-state index in [1.54, 1.807) is 37.3 Å². The summed E-state index contributed by atoms with van der Waals surface area (Å²) < 4.78 is 40.4. The Labute approximate surface area is 277 Å². The second kappa shape index (κ2) is 14.2. The topological polar surface area (TPSA) is 90.7 Å². The number of piperidine rings is 1. The van der Waals surface area contributed by atoms with Gasteiger partial charge < -0.3 is 10.0 Å². The van der Waals surface area contributed by atoms with Gasteiger partial charge in [0.2, 0.25) is 0 Å². The molecule has 1 aliphatic heterocycles. The predicted octanol–water partition coefficient (Wildman–Crippen LogP) is 7.96. The first-order chi connectivity index (χ1) is 21.9. The Hall–Kier alpha value is -4.02. The summed E-state index contributed by atoms with van der Waals surface area (Å²) >= 11 is 14.0. The lowest BCUT2D eigenvalue weighted by atomic mass is 10.1. The second-order valence-electron chi connectivity index (χ2n) is 10.5. The van der Waals surface area contributed by atoms with Gasteiger partial charge in [-0.3, -0.25) is 10.2 Å². The fraction of sp³-hybridized carbons (Fsp3) is 0.281. The zero-order valence-corrected chi connectivity index (χ0v) is 26.8. The first-order valence-electron chi connectivity index (χ1n) is 14.3. The Balaban J connectivity index is 1.62. The van der Waals surface area contributed by atoms with Gasteiger partial charge in [0, 0.05) is 35.8 Å². The molecular formula is C32H28Cl2F3N5O3S. The molecule has 0 unspecified atom stereocenters. The maximum absolute atomic E-state index is 13.8. The van der Waals surface area contributed by atoms with Gasteiger partial charge in [0.1, 0.15) is 0 Å². The summed E-state index contributed by atoms with van der Waals surface area (Å²) in [5.74, 6) is 5.39. The van der Waals surface area contributed by atoms with Crippen LogP contribution in [0, 0.1) is 11.8 Å². The van der Waals surface area contributed by atoms with Crippen LogP contribution in [0.3, 0.4) is 0 Å². The van der Waals surface area contributed by atoms with E-state index >= 15 is 0 Å². The van der Waals surface area contributed by atoms with Gasteiger partial charge in [0.25, 0.3) is 5.91 Å². The van der Waals surface area contributed by atoms with Crippen LogP contribution in [0.5, 0.6) is 0 Å². The number of aromatic nitrogens is 2. The van der Waals surface area contributed by atoms with Gasteiger partial charge in [0.05, 0.1) is 38.3 Å². The lowest BCUT2D eigenvalue weighted by molar-refractivity contribution is -0.137. The normalized spacial score (nSPS) is 13.6. The van der Waals surface area contributed by atoms with Crippen LogP contribution in [0.4, 0.5) is 18.0 Å². The van der Waals surface area contributed by atoms with Crippen LogP contribution in [0.15, 0.2) is 54.6 Å². The number of carbonyl (C=O) groups excluding carboxylic acids is 1. The fourth-order valence-corrected chi connectivity index (χ4v) is 6.39. The molecule has 0 radical (unpaired) electrons. The molecule has 2 amide bonds. The molecular weight excluding hydrogens is 662 g/mol. The quantitative estimate of drug-likeness (QED) is 0.192. The van der Waals surface area contributed by atoms with Crippen LogP contribution < -0.4 is 5.43 Å². The van der Waals surface area contributed by atoms with Crippen molar-refractivity contribution in [2.75, 3.05) is 19.6 Å². The molecule has 1 saturated heterocycles. The molecule has 0 bridgehead atoms. The first-order valence-corrected chi connectivity index (χ1v) is 15.9. The molecule has 240 valence electrons. The van der Waals surface area contributed by atoms with Crippen molar-refractivity contribution < 1.29 is 27.9 Å². The molecule has 2 N–H and O–H groups in total. The predicted molar refractivity (Wildman–Crippen MR) is 171 cm³/mol. The maximum atomic E-state index is 13.8. The third kappa shape index (κ3) is 7.67. The van der Waals surface area contributed by atoms with E-state index in [2.05, 4.69) is 17.3 Å². The molecule has 0 aliphatic carbocycles. The van der Waals surface area contributed by atoms with Crippen molar-refractivity contribution >= 4 is 46.5 Å². The Morgan fingerprint density at radius 3 is 2.39 bits per heavy atom. The number of hydrazine groups is 1. The number of thiophene rings is 1. The highest BCUT2D eigenvalue weighted by Crippen LogP contribution is 2.37. The number of halogens is 5. The van der Waals surface area contributed by atoms with Crippen molar-refractivity contribution in [1.29, 1.82) is 0 Å². The minimum atomic E-state index is -4.44. The summed E-state index contributed by atoms with van der Waals surface area (Å²) in [4.78, 5) is 28.2. The molecule has 5 rings (SSSR count). The van der Waals surface area contributed by atoms with Gasteiger partial charge in [-0.1, -0.05) is 41.5 Å². The molecule has 14 heteroatoms. The number of carboxylic acid groups (broad SMARTS) is 1. The summed E-state index contributed by atoms with van der Waals surface area (Å²) in [6.07, 6.45) is -2.68. The average Bonchev–Trinajstić information content (AvgIpc) is 3.63. The number of hydrogen-bond donors (Lipinski definition) is 2. The van der Waals surface area contributed by atoms with Gasteiger partial charge in [-0.05, 0) is 74.4 Å². The highest BCUT2D eigenvalue weighted by atomic mass is 35.5. The fourth-order valence-electron chi connectivity index (χ4n) is 4.98. The van der Waals surface area contributed by atoms with Crippen LogP contribution in [-0.2, 0) is 12.7 Å². The number of amides is 2. The van der Waals surface area contributed by atoms with Gasteiger partial charge in [-0.15, -0.1) is 11.3 Å². The van der Waals surface area contributed by atoms with Crippen molar-refractivity contribution in [2.45, 2.75) is 38.9 Å². The van der Waals surface area contributed by atoms with Crippen LogP contribution in [0.1, 0.15) is 58.2 Å². The molecule has 46 heavy (non-hydrogen) atoms. The first kappa shape index (κ1) is 33.3. The van der Waals surface area contributed by atoms with Crippen molar-refractivity contribution in [2.24, 2.45) is 0 Å². The summed E-state index contributed by atoms with van der Waals surface area (Å²) in [6, 6.07) is 12.9. The highest BCUT2D eigenvalue weighted by Gasteiger charge is 2.31. The third-order valence-corrected chi connectivity index (χ3v) is 8.88. The van der Waals surface area contributed by atoms with Crippen molar-refractivity contribution in [3.8, 4) is 28.1 Å². The van der Waals surface area contributed by atoms with E-state index in [-0.39, 0.29) is 23.8 Å². The largest absolute Gasteiger partial charge is 0.465 e. The van der Waals surface area contributed by atoms with E-state index in [1.165, 1.54) is 33.1 Å². The standard InChI is InChI=1S/C32H28Cl2F3N5O3S/c1-2-40(31(44)45)19-24-28(30(43)39-41-16-4-3-5-17-41)38-42(26-14-11-22(33)18-25(26)34)29(24)27-15-13-23(46-27)12-8-20-6-9-21(10-7-20)32(35,36)37/h6-7,9-11,13-15,18H,2-5,16-17,19H2,1H3,(H,39,43)(H,44,45). The molecule has 2 aromatic heterocycles. The zero-order chi connectivity index (χ0) is 33.0. The Kier molecular flexibility index (Phi) is 10.3. The van der Waals surface area contributed by atoms with E-state index in [1.807, 2.05) is 5.01 Å². The third-order valence-electron chi connectivity index (χ3n) is 7.34. The van der Waals surface area contributed by atoms with E-state index in [0.717, 1.165) is 31.4 Å². The highest BCUT2D eigenvalue weighted by molar-refractivity contribution is 7.16. The van der Waals surface area contributed by atoms with E-state index < -0.39 is 23.7 Å². The summed E-state index contributed by atoms with van der Waals surface area (Å²) in [6.45, 7) is 3.07. The van der Waals surface area contributed by atoms with Crippen LogP contribution in [0.2, 0.25) is 10.0 Å². The number of nitrogens with zero attached hydrogens (tertiary/aromatic N) is 4. The second-order valence-corrected chi connectivity index (χ2v) is 12.4. The van der Waals surface area contributed by atoms with E-state index in [0.29, 0.717) is 50.4 Å². The number of carbonyl (C=O) groups is 2. The van der Waals surface area contributed by atoms with Crippen LogP contribution in [0.25, 0.3) is 16.3 Å². The minimum absolute atomic E-state index is 0.0390. The number of alkyl halides is 3. The maximum Gasteiger partial charge on any atom is 0.416 e. The Morgan fingerprint density at radius 1 is 1.04 bits per heavy atom. The SMILES string of the molecule is CCN(Cc1c(C(=O)NN2CCCCC2)nn(-c2ccc(Cl)cc2Cl)c1-c1ccc(C#Cc2ccc(C(F)(F)F)cc2)s1)C(=O)O. The lowest BCUT2D eigenvalue weighted by Gasteiger charge is -2.26. The average molecular weight is 691 g/mol. The minimum Gasteiger partial charge on any atom is -0.465 e. The zero-order valence-electron chi connectivity index (χ0n) is 24.5. The summed E-state index contributed by atoms with van der Waals surface area (Å²) in [5, 5.41) is 17.1. The van der Waals surface area contributed by atoms with Gasteiger partial charge in [-0.25, -0.2) is 14.5 Å². The van der Waals surface area contributed by atoms with Gasteiger partial charge in [-0.2, -0.15) is 18.3 Å². The van der Waals surface area contributed by atoms with Gasteiger partial charge >= 0.3 is 12.3 Å². The Morgan fingerprint density at radius 2 is 1.76 bits per heavy atom. The number of benzene rings is 2. The van der Waals surface area contributed by atoms with Crippen molar-refractivity contribution in [3.05, 3.63) is 91.9 Å². The number of nitrogens with one attached hydrogen (secondary N) is 1. The van der Waals surface area contributed by atoms with E-state index in [4.69, 9.17) is 28.3 Å². The molecule has 0 saturated carbocycles. The summed E-state index contributed by atoms with van der Waals surface area (Å²) in [7, 11) is 0. The summed E-state index contributed by atoms with van der Waals surface area (Å²) in [5.41, 5.74) is 3.84. The molecule has 4 aromatic rings. The Bertz CT molecular complexity index is 1810. The molecule has 0 spiro atoms. The number of hydrogen-bond acceptors (Lipinski definition) is 5. The van der Waals surface area contributed by atoms with Crippen LogP contribution >= 0.6 is 34.5 Å². The molecule has 2 aromatic carbocycles. The van der Waals surface area contributed by atoms with Crippen molar-refractivity contribution in [3.63, 3.8) is 0 Å². The monoisotopic (exact) mass is 689 g/mol.